The van der Waals surface area contributed by atoms with E-state index in [1.807, 2.05) is 39.8 Å². The zero-order valence-electron chi connectivity index (χ0n) is 13.1. The van der Waals surface area contributed by atoms with Gasteiger partial charge in [0.1, 0.15) is 5.75 Å². The predicted octanol–water partition coefficient (Wildman–Crippen LogP) is 2.18. The minimum Gasteiger partial charge on any atom is -0.481 e. The molecule has 112 valence electrons. The Kier molecular flexibility index (Phi) is 6.02. The number of nitrogens with two attached hydrogens (primary N) is 1. The van der Waals surface area contributed by atoms with Crippen LogP contribution < -0.4 is 15.8 Å². The molecule has 2 unspecified atom stereocenters. The van der Waals surface area contributed by atoms with E-state index in [2.05, 4.69) is 11.4 Å². The van der Waals surface area contributed by atoms with E-state index in [0.29, 0.717) is 0 Å². The molecule has 20 heavy (non-hydrogen) atoms. The summed E-state index contributed by atoms with van der Waals surface area (Å²) < 4.78 is 5.80. The van der Waals surface area contributed by atoms with E-state index < -0.39 is 6.10 Å². The lowest BCUT2D eigenvalue weighted by Crippen LogP contribution is -2.40. The molecule has 0 aromatic heterocycles. The third-order valence-electron chi connectivity index (χ3n) is 2.86. The van der Waals surface area contributed by atoms with Gasteiger partial charge in [-0.25, -0.2) is 0 Å². The Morgan fingerprint density at radius 3 is 2.50 bits per heavy atom. The third kappa shape index (κ3) is 5.21. The Bertz CT molecular complexity index is 456. The highest BCUT2D eigenvalue weighted by Gasteiger charge is 2.17. The van der Waals surface area contributed by atoms with Crippen molar-refractivity contribution in [1.29, 1.82) is 0 Å². The van der Waals surface area contributed by atoms with Gasteiger partial charge < -0.3 is 15.8 Å². The molecular weight excluding hydrogens is 252 g/mol. The fourth-order valence-electron chi connectivity index (χ4n) is 1.98. The van der Waals surface area contributed by atoms with Crippen molar-refractivity contribution in [3.05, 3.63) is 29.3 Å². The number of nitrogens with one attached hydrogen (secondary N) is 1. The van der Waals surface area contributed by atoms with E-state index in [0.717, 1.165) is 23.3 Å². The molecule has 2 atom stereocenters. The Morgan fingerprint density at radius 2 is 1.95 bits per heavy atom. The summed E-state index contributed by atoms with van der Waals surface area (Å²) in [5.74, 6) is 0.631. The lowest BCUT2D eigenvalue weighted by molar-refractivity contribution is -0.127. The highest BCUT2D eigenvalue weighted by Crippen LogP contribution is 2.22. The van der Waals surface area contributed by atoms with E-state index in [1.54, 1.807) is 6.92 Å². The van der Waals surface area contributed by atoms with E-state index >= 15 is 0 Å². The number of carbonyl (C=O) groups excluding carboxylic acids is 1. The van der Waals surface area contributed by atoms with Crippen LogP contribution in [0.3, 0.4) is 0 Å². The van der Waals surface area contributed by atoms with Gasteiger partial charge in [0.2, 0.25) is 0 Å². The Balaban J connectivity index is 2.83. The highest BCUT2D eigenvalue weighted by atomic mass is 16.5. The van der Waals surface area contributed by atoms with Crippen LogP contribution in [0.25, 0.3) is 0 Å². The highest BCUT2D eigenvalue weighted by molar-refractivity contribution is 5.80. The quantitative estimate of drug-likeness (QED) is 0.838. The lowest BCUT2D eigenvalue weighted by atomic mass is 10.0. The van der Waals surface area contributed by atoms with Gasteiger partial charge in [-0.3, -0.25) is 4.79 Å². The molecule has 3 N–H and O–H groups in total. The van der Waals surface area contributed by atoms with Crippen molar-refractivity contribution in [3.8, 4) is 5.75 Å². The summed E-state index contributed by atoms with van der Waals surface area (Å²) in [6.45, 7) is 9.60. The molecule has 0 saturated heterocycles. The molecule has 0 aliphatic carbocycles. The van der Waals surface area contributed by atoms with Crippen LogP contribution in [0.4, 0.5) is 0 Å². The van der Waals surface area contributed by atoms with Gasteiger partial charge in [-0.05, 0) is 52.7 Å². The summed E-state index contributed by atoms with van der Waals surface area (Å²) in [5.41, 5.74) is 8.07. The monoisotopic (exact) mass is 278 g/mol. The molecule has 1 aromatic carbocycles. The molecule has 1 aromatic rings. The van der Waals surface area contributed by atoms with Gasteiger partial charge in [0.05, 0.1) is 0 Å². The van der Waals surface area contributed by atoms with Crippen LogP contribution >= 0.6 is 0 Å². The second-order valence-corrected chi connectivity index (χ2v) is 5.72. The molecule has 0 fully saturated rings. The van der Waals surface area contributed by atoms with E-state index in [1.165, 1.54) is 0 Å². The molecule has 1 rings (SSSR count). The SMILES string of the molecule is Cc1ccc(OC(C)C(=O)NC(C)C)c(CC(C)N)c1. The van der Waals surface area contributed by atoms with E-state index in [-0.39, 0.29) is 18.0 Å². The molecule has 0 heterocycles. The predicted molar refractivity (Wildman–Crippen MR) is 81.9 cm³/mol. The molecule has 0 saturated carbocycles. The minimum atomic E-state index is -0.521. The third-order valence-corrected chi connectivity index (χ3v) is 2.86. The number of amides is 1. The maximum absolute atomic E-state index is 11.9. The molecular formula is C16H26N2O2. The molecule has 4 heteroatoms. The van der Waals surface area contributed by atoms with Crippen molar-refractivity contribution in [2.24, 2.45) is 5.73 Å². The normalized spacial score (nSPS) is 13.9. The van der Waals surface area contributed by atoms with E-state index in [9.17, 15) is 4.79 Å². The van der Waals surface area contributed by atoms with Crippen LogP contribution in [0, 0.1) is 6.92 Å². The number of ether oxygens (including phenoxy) is 1. The lowest BCUT2D eigenvalue weighted by Gasteiger charge is -2.19. The number of hydrogen-bond donors (Lipinski definition) is 2. The van der Waals surface area contributed by atoms with Crippen molar-refractivity contribution in [2.45, 2.75) is 59.2 Å². The molecule has 0 aliphatic heterocycles. The molecule has 1 amide bonds. The molecule has 0 bridgehead atoms. The number of aryl methyl sites for hydroxylation is 1. The average molecular weight is 278 g/mol. The van der Waals surface area contributed by atoms with Crippen LogP contribution in [0.1, 0.15) is 38.8 Å². The van der Waals surface area contributed by atoms with Crippen molar-refractivity contribution in [3.63, 3.8) is 0 Å². The summed E-state index contributed by atoms with van der Waals surface area (Å²) in [6.07, 6.45) is 0.210. The molecule has 0 radical (unpaired) electrons. The van der Waals surface area contributed by atoms with Crippen LogP contribution in [0.15, 0.2) is 18.2 Å². The van der Waals surface area contributed by atoms with Gasteiger partial charge >= 0.3 is 0 Å². The number of carbonyl (C=O) groups is 1. The fraction of sp³-hybridized carbons (Fsp3) is 0.562. The summed E-state index contributed by atoms with van der Waals surface area (Å²) in [7, 11) is 0. The second kappa shape index (κ2) is 7.29. The zero-order valence-corrected chi connectivity index (χ0v) is 13.1. The van der Waals surface area contributed by atoms with E-state index in [4.69, 9.17) is 10.5 Å². The van der Waals surface area contributed by atoms with Crippen LogP contribution in [-0.2, 0) is 11.2 Å². The van der Waals surface area contributed by atoms with Crippen molar-refractivity contribution in [1.82, 2.24) is 5.32 Å². The Morgan fingerprint density at radius 1 is 1.30 bits per heavy atom. The first-order valence-corrected chi connectivity index (χ1v) is 7.11. The van der Waals surface area contributed by atoms with Crippen molar-refractivity contribution in [2.75, 3.05) is 0 Å². The standard InChI is InChI=1S/C16H26N2O2/c1-10(2)18-16(19)13(5)20-15-7-6-11(3)8-14(15)9-12(4)17/h6-8,10,12-13H,9,17H2,1-5H3,(H,18,19). The topological polar surface area (TPSA) is 64.3 Å². The average Bonchev–Trinajstić information content (AvgIpc) is 2.30. The van der Waals surface area contributed by atoms with Gasteiger partial charge in [-0.2, -0.15) is 0 Å². The van der Waals surface area contributed by atoms with Crippen LogP contribution in [-0.4, -0.2) is 24.1 Å². The molecule has 0 spiro atoms. The molecule has 4 nitrogen and oxygen atoms in total. The van der Waals surface area contributed by atoms with Gasteiger partial charge in [-0.1, -0.05) is 17.7 Å². The summed E-state index contributed by atoms with van der Waals surface area (Å²) in [4.78, 5) is 11.9. The smallest absolute Gasteiger partial charge is 0.260 e. The van der Waals surface area contributed by atoms with Gasteiger partial charge in [0.15, 0.2) is 6.10 Å². The second-order valence-electron chi connectivity index (χ2n) is 5.72. The molecule has 0 aliphatic rings. The number of benzene rings is 1. The zero-order chi connectivity index (χ0) is 15.3. The summed E-state index contributed by atoms with van der Waals surface area (Å²) >= 11 is 0. The maximum Gasteiger partial charge on any atom is 0.260 e. The minimum absolute atomic E-state index is 0.0546. The number of hydrogen-bond acceptors (Lipinski definition) is 3. The van der Waals surface area contributed by atoms with Crippen LogP contribution in [0.5, 0.6) is 5.75 Å². The van der Waals surface area contributed by atoms with Gasteiger partial charge in [0, 0.05) is 12.1 Å². The number of rotatable bonds is 6. The Labute approximate surface area is 121 Å². The van der Waals surface area contributed by atoms with Crippen molar-refractivity contribution < 1.29 is 9.53 Å². The first-order valence-electron chi connectivity index (χ1n) is 7.11. The van der Waals surface area contributed by atoms with Crippen molar-refractivity contribution >= 4 is 5.91 Å². The fourth-order valence-corrected chi connectivity index (χ4v) is 1.98. The van der Waals surface area contributed by atoms with Gasteiger partial charge in [0.25, 0.3) is 5.91 Å². The first-order chi connectivity index (χ1) is 9.29. The Hall–Kier alpha value is -1.55. The summed E-state index contributed by atoms with van der Waals surface area (Å²) in [5, 5.41) is 2.85. The first kappa shape index (κ1) is 16.5. The summed E-state index contributed by atoms with van der Waals surface area (Å²) in [6, 6.07) is 6.11. The largest absolute Gasteiger partial charge is 0.481 e. The van der Waals surface area contributed by atoms with Gasteiger partial charge in [-0.15, -0.1) is 0 Å². The van der Waals surface area contributed by atoms with Crippen LogP contribution in [0.2, 0.25) is 0 Å². The maximum atomic E-state index is 11.9.